The molecule has 128 valence electrons. The summed E-state index contributed by atoms with van der Waals surface area (Å²) in [4.78, 5) is 36.6. The third-order valence-electron chi connectivity index (χ3n) is 4.42. The zero-order chi connectivity index (χ0) is 18.4. The number of phenolic OH excluding ortho intramolecular Hbond substituents is 1. The number of hydrogen-bond donors (Lipinski definition) is 2. The highest BCUT2D eigenvalue weighted by Gasteiger charge is 2.32. The third-order valence-corrected chi connectivity index (χ3v) is 4.42. The fourth-order valence-corrected chi connectivity index (χ4v) is 3.42. The smallest absolute Gasteiger partial charge is 0.217 e. The van der Waals surface area contributed by atoms with Crippen molar-refractivity contribution in [3.05, 3.63) is 64.2 Å². The average Bonchev–Trinajstić information content (AvgIpc) is 2.50. The molecule has 2 aromatic carbocycles. The van der Waals surface area contributed by atoms with Gasteiger partial charge in [-0.3, -0.25) is 14.4 Å². The van der Waals surface area contributed by atoms with Crippen LogP contribution >= 0.6 is 0 Å². The van der Waals surface area contributed by atoms with Crippen molar-refractivity contribution in [2.75, 3.05) is 0 Å². The lowest BCUT2D eigenvalue weighted by Gasteiger charge is -2.24. The molecule has 25 heavy (non-hydrogen) atoms. The Morgan fingerprint density at radius 2 is 1.76 bits per heavy atom. The van der Waals surface area contributed by atoms with E-state index in [9.17, 15) is 19.5 Å². The molecule has 0 heterocycles. The van der Waals surface area contributed by atoms with Crippen molar-refractivity contribution in [1.29, 1.82) is 0 Å². The van der Waals surface area contributed by atoms with E-state index in [4.69, 9.17) is 5.73 Å². The van der Waals surface area contributed by atoms with Gasteiger partial charge in [0.25, 0.3) is 0 Å². The molecule has 0 bridgehead atoms. The first-order valence-electron chi connectivity index (χ1n) is 8.02. The standard InChI is InChI=1S/C20H19NO4/c1-20(2,10-16(21)23)9-11-6-7-12-14(8-11)18(24)13-4-3-5-15(22)17(13)19(12)25/h3-8,22H,9-10H2,1-2H3,(H2,21,23). The number of fused-ring (bicyclic) bond motifs is 2. The number of hydrogen-bond acceptors (Lipinski definition) is 4. The van der Waals surface area contributed by atoms with Crippen LogP contribution in [0.25, 0.3) is 0 Å². The van der Waals surface area contributed by atoms with E-state index in [1.165, 1.54) is 6.07 Å². The lowest BCUT2D eigenvalue weighted by molar-refractivity contribution is -0.119. The van der Waals surface area contributed by atoms with Crippen LogP contribution in [0.5, 0.6) is 5.75 Å². The number of ketones is 2. The minimum atomic E-state index is -0.376. The number of aromatic hydroxyl groups is 1. The Labute approximate surface area is 145 Å². The summed E-state index contributed by atoms with van der Waals surface area (Å²) in [5.41, 5.74) is 6.68. The Morgan fingerprint density at radius 3 is 2.44 bits per heavy atom. The highest BCUT2D eigenvalue weighted by atomic mass is 16.3. The second-order valence-corrected chi connectivity index (χ2v) is 7.22. The van der Waals surface area contributed by atoms with E-state index in [1.54, 1.807) is 30.3 Å². The maximum atomic E-state index is 12.8. The summed E-state index contributed by atoms with van der Waals surface area (Å²) in [5.74, 6) is -1.20. The van der Waals surface area contributed by atoms with Gasteiger partial charge in [-0.25, -0.2) is 0 Å². The van der Waals surface area contributed by atoms with Gasteiger partial charge < -0.3 is 10.8 Å². The molecule has 3 N–H and O–H groups in total. The quantitative estimate of drug-likeness (QED) is 0.764. The monoisotopic (exact) mass is 337 g/mol. The molecule has 0 radical (unpaired) electrons. The van der Waals surface area contributed by atoms with E-state index in [1.807, 2.05) is 13.8 Å². The molecule has 5 heteroatoms. The van der Waals surface area contributed by atoms with Crippen molar-refractivity contribution >= 4 is 17.5 Å². The molecule has 0 aromatic heterocycles. The molecule has 2 aromatic rings. The summed E-state index contributed by atoms with van der Waals surface area (Å²) < 4.78 is 0. The predicted octanol–water partition coefficient (Wildman–Crippen LogP) is 2.61. The molecule has 0 atom stereocenters. The molecule has 1 aliphatic rings. The maximum Gasteiger partial charge on any atom is 0.217 e. The largest absolute Gasteiger partial charge is 0.507 e. The average molecular weight is 337 g/mol. The minimum absolute atomic E-state index is 0.0572. The molecule has 0 saturated heterocycles. The van der Waals surface area contributed by atoms with E-state index in [2.05, 4.69) is 0 Å². The number of carbonyl (C=O) groups excluding carboxylic acids is 3. The van der Waals surface area contributed by atoms with Gasteiger partial charge in [-0.2, -0.15) is 0 Å². The van der Waals surface area contributed by atoms with Crippen LogP contribution < -0.4 is 5.73 Å². The fourth-order valence-electron chi connectivity index (χ4n) is 3.42. The first-order valence-corrected chi connectivity index (χ1v) is 8.02. The zero-order valence-electron chi connectivity index (χ0n) is 14.1. The van der Waals surface area contributed by atoms with Crippen LogP contribution in [-0.2, 0) is 11.2 Å². The van der Waals surface area contributed by atoms with Gasteiger partial charge in [-0.05, 0) is 29.5 Å². The molecule has 0 saturated carbocycles. The first-order chi connectivity index (χ1) is 11.7. The Kier molecular flexibility index (Phi) is 3.95. The first kappa shape index (κ1) is 16.9. The van der Waals surface area contributed by atoms with E-state index >= 15 is 0 Å². The lowest BCUT2D eigenvalue weighted by atomic mass is 9.79. The van der Waals surface area contributed by atoms with Crippen LogP contribution in [-0.4, -0.2) is 22.6 Å². The SMILES string of the molecule is CC(C)(CC(N)=O)Cc1ccc2c(c1)C(=O)c1cccc(O)c1C2=O. The molecule has 1 aliphatic carbocycles. The van der Waals surface area contributed by atoms with Crippen LogP contribution in [0, 0.1) is 5.41 Å². The van der Waals surface area contributed by atoms with Crippen LogP contribution in [0.15, 0.2) is 36.4 Å². The number of carbonyl (C=O) groups is 3. The highest BCUT2D eigenvalue weighted by Crippen LogP contribution is 2.34. The summed E-state index contributed by atoms with van der Waals surface area (Å²) in [6, 6.07) is 9.57. The molecule has 1 amide bonds. The number of primary amides is 1. The molecule has 0 spiro atoms. The summed E-state index contributed by atoms with van der Waals surface area (Å²) in [5, 5.41) is 9.94. The fraction of sp³-hybridized carbons (Fsp3) is 0.250. The van der Waals surface area contributed by atoms with Crippen molar-refractivity contribution in [3.63, 3.8) is 0 Å². The number of nitrogens with two attached hydrogens (primary N) is 1. The highest BCUT2D eigenvalue weighted by molar-refractivity contribution is 6.29. The van der Waals surface area contributed by atoms with Crippen LogP contribution in [0.1, 0.15) is 57.7 Å². The van der Waals surface area contributed by atoms with E-state index in [0.717, 1.165) is 5.56 Å². The minimum Gasteiger partial charge on any atom is -0.507 e. The van der Waals surface area contributed by atoms with Crippen LogP contribution in [0.2, 0.25) is 0 Å². The Morgan fingerprint density at radius 1 is 1.04 bits per heavy atom. The van der Waals surface area contributed by atoms with Crippen molar-refractivity contribution in [2.24, 2.45) is 11.1 Å². The van der Waals surface area contributed by atoms with Crippen molar-refractivity contribution in [3.8, 4) is 5.75 Å². The van der Waals surface area contributed by atoms with Crippen LogP contribution in [0.4, 0.5) is 0 Å². The van der Waals surface area contributed by atoms with E-state index in [0.29, 0.717) is 12.0 Å². The van der Waals surface area contributed by atoms with Gasteiger partial charge in [0.05, 0.1) is 5.56 Å². The van der Waals surface area contributed by atoms with Crippen molar-refractivity contribution < 1.29 is 19.5 Å². The summed E-state index contributed by atoms with van der Waals surface area (Å²) >= 11 is 0. The maximum absolute atomic E-state index is 12.8. The molecule has 5 nitrogen and oxygen atoms in total. The predicted molar refractivity (Wildman–Crippen MR) is 92.7 cm³/mol. The van der Waals surface area contributed by atoms with Gasteiger partial charge in [0.15, 0.2) is 11.6 Å². The van der Waals surface area contributed by atoms with Gasteiger partial charge in [-0.15, -0.1) is 0 Å². The van der Waals surface area contributed by atoms with Crippen molar-refractivity contribution in [2.45, 2.75) is 26.7 Å². The van der Waals surface area contributed by atoms with E-state index in [-0.39, 0.29) is 51.7 Å². The molecular formula is C20H19NO4. The van der Waals surface area contributed by atoms with Crippen LogP contribution in [0.3, 0.4) is 0 Å². The van der Waals surface area contributed by atoms with Gasteiger partial charge in [0.2, 0.25) is 5.91 Å². The summed E-state index contributed by atoms with van der Waals surface area (Å²) in [7, 11) is 0. The lowest BCUT2D eigenvalue weighted by Crippen LogP contribution is -2.25. The number of rotatable bonds is 4. The Balaban J connectivity index is 2.01. The molecular weight excluding hydrogens is 318 g/mol. The summed E-state index contributed by atoms with van der Waals surface area (Å²) in [6.45, 7) is 3.86. The van der Waals surface area contributed by atoms with Gasteiger partial charge in [-0.1, -0.05) is 38.1 Å². The Hall–Kier alpha value is -2.95. The van der Waals surface area contributed by atoms with Crippen molar-refractivity contribution in [1.82, 2.24) is 0 Å². The second kappa shape index (κ2) is 5.84. The molecule has 0 aliphatic heterocycles. The van der Waals surface area contributed by atoms with E-state index < -0.39 is 0 Å². The van der Waals surface area contributed by atoms with Gasteiger partial charge >= 0.3 is 0 Å². The molecule has 3 rings (SSSR count). The Bertz CT molecular complexity index is 912. The number of amides is 1. The topological polar surface area (TPSA) is 97.5 Å². The van der Waals surface area contributed by atoms with Gasteiger partial charge in [0, 0.05) is 23.1 Å². The zero-order valence-corrected chi connectivity index (χ0v) is 14.1. The summed E-state index contributed by atoms with van der Waals surface area (Å²) in [6.07, 6.45) is 0.783. The number of benzene rings is 2. The second-order valence-electron chi connectivity index (χ2n) is 7.22. The number of phenols is 1. The third kappa shape index (κ3) is 3.05. The van der Waals surface area contributed by atoms with Gasteiger partial charge in [0.1, 0.15) is 5.75 Å². The normalized spacial score (nSPS) is 13.4. The molecule has 0 fully saturated rings. The molecule has 0 unspecified atom stereocenters.